The first-order valence-electron chi connectivity index (χ1n) is 5.48. The monoisotopic (exact) mass is 206 g/mol. The summed E-state index contributed by atoms with van der Waals surface area (Å²) in [5.41, 5.74) is 0.899. The van der Waals surface area contributed by atoms with Gasteiger partial charge in [0.2, 0.25) is 0 Å². The van der Waals surface area contributed by atoms with E-state index >= 15 is 0 Å². The number of aliphatic hydroxyl groups excluding tert-OH is 1. The van der Waals surface area contributed by atoms with E-state index in [2.05, 4.69) is 6.92 Å². The minimum absolute atomic E-state index is 0.377. The number of aliphatic hydroxyl groups is 1. The average molecular weight is 206 g/mol. The zero-order valence-corrected chi connectivity index (χ0v) is 9.10. The Labute approximate surface area is 90.9 Å². The van der Waals surface area contributed by atoms with Crippen LogP contribution in [-0.4, -0.2) is 17.5 Å². The van der Waals surface area contributed by atoms with Crippen LogP contribution in [0.4, 0.5) is 0 Å². The van der Waals surface area contributed by atoms with Crippen molar-refractivity contribution in [2.45, 2.75) is 38.2 Å². The highest BCUT2D eigenvalue weighted by atomic mass is 16.3. The first-order chi connectivity index (χ1) is 7.29. The van der Waals surface area contributed by atoms with Crippen molar-refractivity contribution in [3.63, 3.8) is 0 Å². The maximum absolute atomic E-state index is 11.0. The van der Waals surface area contributed by atoms with Gasteiger partial charge < -0.3 is 9.90 Å². The van der Waals surface area contributed by atoms with Crippen LogP contribution < -0.4 is 0 Å². The Morgan fingerprint density at radius 1 is 1.33 bits per heavy atom. The summed E-state index contributed by atoms with van der Waals surface area (Å²) in [7, 11) is 0. The van der Waals surface area contributed by atoms with Gasteiger partial charge in [-0.1, -0.05) is 50.1 Å². The number of aldehydes is 1. The lowest BCUT2D eigenvalue weighted by Gasteiger charge is -2.17. The van der Waals surface area contributed by atoms with Crippen molar-refractivity contribution in [2.75, 3.05) is 0 Å². The second-order valence-corrected chi connectivity index (χ2v) is 3.78. The molecule has 0 heterocycles. The largest absolute Gasteiger partial charge is 0.392 e. The van der Waals surface area contributed by atoms with Crippen molar-refractivity contribution in [1.29, 1.82) is 0 Å². The van der Waals surface area contributed by atoms with Gasteiger partial charge in [0.25, 0.3) is 0 Å². The van der Waals surface area contributed by atoms with E-state index in [4.69, 9.17) is 0 Å². The fourth-order valence-electron chi connectivity index (χ4n) is 1.66. The topological polar surface area (TPSA) is 37.3 Å². The van der Waals surface area contributed by atoms with Crippen LogP contribution in [0.2, 0.25) is 0 Å². The van der Waals surface area contributed by atoms with Crippen LogP contribution in [0.1, 0.15) is 37.7 Å². The lowest BCUT2D eigenvalue weighted by Crippen LogP contribution is -2.19. The molecule has 1 aromatic carbocycles. The van der Waals surface area contributed by atoms with Crippen LogP contribution in [0.15, 0.2) is 30.3 Å². The van der Waals surface area contributed by atoms with E-state index in [1.807, 2.05) is 30.3 Å². The molecule has 0 aliphatic rings. The highest BCUT2D eigenvalue weighted by Gasteiger charge is 2.19. The molecular formula is C13H18O2. The summed E-state index contributed by atoms with van der Waals surface area (Å²) in [6.45, 7) is 2.07. The molecule has 0 fully saturated rings. The third-order valence-corrected chi connectivity index (χ3v) is 2.60. The van der Waals surface area contributed by atoms with Gasteiger partial charge in [-0.25, -0.2) is 0 Å². The fraction of sp³-hybridized carbons (Fsp3) is 0.462. The van der Waals surface area contributed by atoms with E-state index in [1.54, 1.807) is 0 Å². The molecule has 1 aromatic rings. The van der Waals surface area contributed by atoms with Gasteiger partial charge in [-0.2, -0.15) is 0 Å². The minimum Gasteiger partial charge on any atom is -0.392 e. The van der Waals surface area contributed by atoms with Crippen LogP contribution in [0.25, 0.3) is 0 Å². The van der Waals surface area contributed by atoms with Crippen molar-refractivity contribution < 1.29 is 9.90 Å². The molecule has 2 atom stereocenters. The van der Waals surface area contributed by atoms with Crippen molar-refractivity contribution in [3.05, 3.63) is 35.9 Å². The van der Waals surface area contributed by atoms with Crippen LogP contribution in [-0.2, 0) is 4.79 Å². The first kappa shape index (κ1) is 11.9. The van der Waals surface area contributed by atoms with Crippen molar-refractivity contribution in [2.24, 2.45) is 0 Å². The van der Waals surface area contributed by atoms with Gasteiger partial charge in [-0.15, -0.1) is 0 Å². The molecule has 0 saturated heterocycles. The molecule has 0 aliphatic carbocycles. The van der Waals surface area contributed by atoms with Gasteiger partial charge in [-0.3, -0.25) is 0 Å². The third-order valence-electron chi connectivity index (χ3n) is 2.60. The summed E-state index contributed by atoms with van der Waals surface area (Å²) in [4.78, 5) is 11.0. The van der Waals surface area contributed by atoms with E-state index in [1.165, 1.54) is 0 Å². The highest BCUT2D eigenvalue weighted by Crippen LogP contribution is 2.20. The number of benzene rings is 1. The zero-order chi connectivity index (χ0) is 11.1. The number of carbonyl (C=O) groups excluding carboxylic acids is 1. The molecule has 0 saturated carbocycles. The maximum atomic E-state index is 11.0. The van der Waals surface area contributed by atoms with Crippen LogP contribution >= 0.6 is 0 Å². The Morgan fingerprint density at radius 2 is 2.00 bits per heavy atom. The molecule has 1 N–H and O–H groups in total. The quantitative estimate of drug-likeness (QED) is 0.726. The second kappa shape index (κ2) is 6.36. The summed E-state index contributed by atoms with van der Waals surface area (Å²) in [5.74, 6) is -0.377. The van der Waals surface area contributed by atoms with Gasteiger partial charge in [0.05, 0.1) is 12.0 Å². The maximum Gasteiger partial charge on any atom is 0.130 e. The number of rotatable bonds is 6. The number of unbranched alkanes of at least 4 members (excludes halogenated alkanes) is 1. The van der Waals surface area contributed by atoms with E-state index in [0.29, 0.717) is 6.42 Å². The molecule has 2 nitrogen and oxygen atoms in total. The van der Waals surface area contributed by atoms with Crippen molar-refractivity contribution >= 4 is 6.29 Å². The molecule has 15 heavy (non-hydrogen) atoms. The van der Waals surface area contributed by atoms with Crippen molar-refractivity contribution in [1.82, 2.24) is 0 Å². The molecule has 2 heteroatoms. The Bertz CT molecular complexity index is 282. The zero-order valence-electron chi connectivity index (χ0n) is 9.10. The normalized spacial score (nSPS) is 14.5. The molecule has 0 bridgehead atoms. The SMILES string of the molecule is CCCCC(O)C(C=O)c1ccccc1. The van der Waals surface area contributed by atoms with E-state index in [9.17, 15) is 9.90 Å². The average Bonchev–Trinajstić information content (AvgIpc) is 2.29. The second-order valence-electron chi connectivity index (χ2n) is 3.78. The number of carbonyl (C=O) groups is 1. The van der Waals surface area contributed by atoms with Crippen LogP contribution in [0, 0.1) is 0 Å². The molecule has 2 unspecified atom stereocenters. The number of hydrogen-bond donors (Lipinski definition) is 1. The summed E-state index contributed by atoms with van der Waals surface area (Å²) in [6.07, 6.45) is 2.98. The highest BCUT2D eigenvalue weighted by molar-refractivity contribution is 5.63. The molecule has 0 aromatic heterocycles. The van der Waals surface area contributed by atoms with Gasteiger partial charge in [0.1, 0.15) is 6.29 Å². The van der Waals surface area contributed by atoms with E-state index < -0.39 is 6.10 Å². The third kappa shape index (κ3) is 3.48. The first-order valence-corrected chi connectivity index (χ1v) is 5.48. The fourth-order valence-corrected chi connectivity index (χ4v) is 1.66. The predicted octanol–water partition coefficient (Wildman–Crippen LogP) is 2.52. The smallest absolute Gasteiger partial charge is 0.130 e. The number of hydrogen-bond acceptors (Lipinski definition) is 2. The molecular weight excluding hydrogens is 188 g/mol. The molecule has 0 aliphatic heterocycles. The molecule has 0 spiro atoms. The Morgan fingerprint density at radius 3 is 2.53 bits per heavy atom. The van der Waals surface area contributed by atoms with E-state index in [-0.39, 0.29) is 5.92 Å². The summed E-state index contributed by atoms with van der Waals surface area (Å²) >= 11 is 0. The Balaban J connectivity index is 2.67. The summed E-state index contributed by atoms with van der Waals surface area (Å²) in [5, 5.41) is 9.86. The summed E-state index contributed by atoms with van der Waals surface area (Å²) in [6, 6.07) is 9.45. The molecule has 1 rings (SSSR count). The van der Waals surface area contributed by atoms with Crippen LogP contribution in [0.5, 0.6) is 0 Å². The van der Waals surface area contributed by atoms with Gasteiger partial charge in [0, 0.05) is 0 Å². The Kier molecular flexibility index (Phi) is 5.05. The minimum atomic E-state index is -0.551. The predicted molar refractivity (Wildman–Crippen MR) is 60.8 cm³/mol. The summed E-state index contributed by atoms with van der Waals surface area (Å²) < 4.78 is 0. The molecule has 0 radical (unpaired) electrons. The van der Waals surface area contributed by atoms with Crippen molar-refractivity contribution in [3.8, 4) is 0 Å². The Hall–Kier alpha value is -1.15. The molecule has 0 amide bonds. The standard InChI is InChI=1S/C13H18O2/c1-2-3-9-13(15)12(10-14)11-7-5-4-6-8-11/h4-8,10,12-13,15H,2-3,9H2,1H3. The molecule has 82 valence electrons. The lowest BCUT2D eigenvalue weighted by atomic mass is 9.92. The van der Waals surface area contributed by atoms with Gasteiger partial charge >= 0.3 is 0 Å². The van der Waals surface area contributed by atoms with Gasteiger partial charge in [0.15, 0.2) is 0 Å². The van der Waals surface area contributed by atoms with Crippen LogP contribution in [0.3, 0.4) is 0 Å². The van der Waals surface area contributed by atoms with E-state index in [0.717, 1.165) is 24.7 Å². The van der Waals surface area contributed by atoms with Gasteiger partial charge in [-0.05, 0) is 12.0 Å². The lowest BCUT2D eigenvalue weighted by molar-refractivity contribution is -0.111.